The Morgan fingerprint density at radius 3 is 1.89 bits per heavy atom. The van der Waals surface area contributed by atoms with E-state index in [-0.39, 0.29) is 5.82 Å². The number of rotatable bonds is 7. The Morgan fingerprint density at radius 1 is 0.741 bits per heavy atom. The van der Waals surface area contributed by atoms with Crippen molar-refractivity contribution in [2.75, 3.05) is 0 Å². The molecule has 4 aromatic rings. The highest BCUT2D eigenvalue weighted by Gasteiger charge is 2.19. The van der Waals surface area contributed by atoms with E-state index in [1.165, 1.54) is 16.7 Å². The summed E-state index contributed by atoms with van der Waals surface area (Å²) in [6.07, 6.45) is 4.96. The molecule has 0 unspecified atom stereocenters. The van der Waals surface area contributed by atoms with E-state index in [4.69, 9.17) is 0 Å². The van der Waals surface area contributed by atoms with Gasteiger partial charge in [0.15, 0.2) is 0 Å². The van der Waals surface area contributed by atoms with Crippen LogP contribution in [-0.2, 0) is 13.0 Å². The molecule has 1 heterocycles. The fourth-order valence-corrected chi connectivity index (χ4v) is 3.42. The minimum atomic E-state index is 0.185. The van der Waals surface area contributed by atoms with E-state index in [9.17, 15) is 0 Å². The number of hydrogen-bond acceptors (Lipinski definition) is 1. The maximum Gasteiger partial charge on any atom is 0.215 e. The van der Waals surface area contributed by atoms with Crippen molar-refractivity contribution in [2.24, 2.45) is 0 Å². The molecule has 27 heavy (non-hydrogen) atoms. The molecule has 1 radical (unpaired) electrons. The Kier molecular flexibility index (Phi) is 5.49. The molecule has 0 aliphatic heterocycles. The van der Waals surface area contributed by atoms with Crippen molar-refractivity contribution in [1.82, 2.24) is 9.55 Å². The lowest BCUT2D eigenvalue weighted by molar-refractivity contribution is 0.712. The molecule has 0 bridgehead atoms. The van der Waals surface area contributed by atoms with Crippen LogP contribution in [0.1, 0.15) is 22.5 Å². The Morgan fingerprint density at radius 2 is 1.30 bits per heavy atom. The summed E-state index contributed by atoms with van der Waals surface area (Å²) in [6.45, 7) is 0.923. The van der Waals surface area contributed by atoms with Gasteiger partial charge in [-0.1, -0.05) is 91.0 Å². The molecular formula is C24H22BN2. The van der Waals surface area contributed by atoms with Crippen LogP contribution < -0.4 is 5.72 Å². The van der Waals surface area contributed by atoms with Crippen LogP contribution in [0.2, 0.25) is 0 Å². The lowest BCUT2D eigenvalue weighted by atomic mass is 9.58. The first-order chi connectivity index (χ1) is 13.4. The topological polar surface area (TPSA) is 17.8 Å². The Hall–Kier alpha value is -3.07. The summed E-state index contributed by atoms with van der Waals surface area (Å²) in [5.74, 6) is 0.185. The van der Waals surface area contributed by atoms with Crippen LogP contribution in [-0.4, -0.2) is 16.8 Å². The summed E-state index contributed by atoms with van der Waals surface area (Å²) < 4.78 is 2.24. The molecule has 3 heteroatoms. The van der Waals surface area contributed by atoms with Gasteiger partial charge in [0.2, 0.25) is 7.28 Å². The SMILES string of the molecule is [B](c1nccn1CCc1ccccc1)C(c1ccccc1)c1ccccc1. The molecular weight excluding hydrogens is 327 g/mol. The molecule has 0 aliphatic rings. The van der Waals surface area contributed by atoms with Crippen molar-refractivity contribution < 1.29 is 0 Å². The quantitative estimate of drug-likeness (QED) is 0.456. The van der Waals surface area contributed by atoms with Crippen LogP contribution in [0.25, 0.3) is 0 Å². The molecule has 131 valence electrons. The van der Waals surface area contributed by atoms with Gasteiger partial charge in [-0.2, -0.15) is 0 Å². The molecule has 0 saturated carbocycles. The summed E-state index contributed by atoms with van der Waals surface area (Å²) >= 11 is 0. The molecule has 2 nitrogen and oxygen atoms in total. The maximum absolute atomic E-state index is 4.63. The van der Waals surface area contributed by atoms with Gasteiger partial charge >= 0.3 is 0 Å². The highest BCUT2D eigenvalue weighted by molar-refractivity contribution is 6.54. The number of hydrogen-bond donors (Lipinski definition) is 0. The fourth-order valence-electron chi connectivity index (χ4n) is 3.42. The third-order valence-electron chi connectivity index (χ3n) is 4.87. The van der Waals surface area contributed by atoms with Gasteiger partial charge in [0, 0.05) is 18.9 Å². The number of aryl methyl sites for hydroxylation is 2. The average Bonchev–Trinajstić information content (AvgIpc) is 3.19. The van der Waals surface area contributed by atoms with Crippen LogP contribution in [0.5, 0.6) is 0 Å². The molecule has 0 amide bonds. The van der Waals surface area contributed by atoms with Gasteiger partial charge in [0.1, 0.15) is 0 Å². The lowest BCUT2D eigenvalue weighted by Crippen LogP contribution is -2.32. The van der Waals surface area contributed by atoms with Crippen LogP contribution >= 0.6 is 0 Å². The van der Waals surface area contributed by atoms with E-state index in [1.807, 2.05) is 6.20 Å². The van der Waals surface area contributed by atoms with Gasteiger partial charge in [0.05, 0.1) is 5.72 Å². The highest BCUT2D eigenvalue weighted by atomic mass is 15.0. The fraction of sp³-hybridized carbons (Fsp3) is 0.125. The zero-order valence-electron chi connectivity index (χ0n) is 15.3. The standard InChI is InChI=1S/C24H22BN2/c1-4-10-20(11-5-1)16-18-27-19-17-26-24(27)25-23(21-12-6-2-7-13-21)22-14-8-3-9-15-22/h1-15,17,19,23H,16,18H2. The first-order valence-corrected chi connectivity index (χ1v) is 9.40. The zero-order valence-corrected chi connectivity index (χ0v) is 15.3. The summed E-state index contributed by atoms with van der Waals surface area (Å²) in [5, 5.41) is 0. The Balaban J connectivity index is 1.56. The molecule has 3 aromatic carbocycles. The van der Waals surface area contributed by atoms with E-state index in [0.717, 1.165) is 18.7 Å². The van der Waals surface area contributed by atoms with Gasteiger partial charge in [-0.05, 0) is 28.9 Å². The second-order valence-electron chi connectivity index (χ2n) is 6.68. The maximum atomic E-state index is 4.63. The number of aromatic nitrogens is 2. The smallest absolute Gasteiger partial charge is 0.215 e. The first-order valence-electron chi connectivity index (χ1n) is 9.40. The van der Waals surface area contributed by atoms with E-state index >= 15 is 0 Å². The van der Waals surface area contributed by atoms with Crippen molar-refractivity contribution in [1.29, 1.82) is 0 Å². The monoisotopic (exact) mass is 349 g/mol. The van der Waals surface area contributed by atoms with Crippen molar-refractivity contribution >= 4 is 13.0 Å². The molecule has 1 aromatic heterocycles. The number of nitrogens with zero attached hydrogens (tertiary/aromatic N) is 2. The summed E-state index contributed by atoms with van der Waals surface area (Å²) in [5.41, 5.74) is 4.92. The third-order valence-corrected chi connectivity index (χ3v) is 4.87. The molecule has 0 atom stereocenters. The van der Waals surface area contributed by atoms with Crippen molar-refractivity contribution in [3.8, 4) is 0 Å². The predicted octanol–water partition coefficient (Wildman–Crippen LogP) is 4.24. The lowest BCUT2D eigenvalue weighted by Gasteiger charge is -2.18. The number of imidazole rings is 1. The average molecular weight is 349 g/mol. The molecule has 4 rings (SSSR count). The van der Waals surface area contributed by atoms with Crippen LogP contribution in [0.15, 0.2) is 103 Å². The molecule has 0 fully saturated rings. The van der Waals surface area contributed by atoms with Crippen molar-refractivity contribution in [2.45, 2.75) is 18.8 Å². The minimum absolute atomic E-state index is 0.185. The van der Waals surface area contributed by atoms with Gasteiger partial charge in [-0.15, -0.1) is 0 Å². The van der Waals surface area contributed by atoms with Crippen LogP contribution in [0, 0.1) is 0 Å². The van der Waals surface area contributed by atoms with E-state index in [1.54, 1.807) is 0 Å². The molecule has 0 aliphatic carbocycles. The largest absolute Gasteiger partial charge is 0.343 e. The molecule has 0 saturated heterocycles. The summed E-state index contributed by atoms with van der Waals surface area (Å²) in [7, 11) is 2.27. The second kappa shape index (κ2) is 8.55. The van der Waals surface area contributed by atoms with Gasteiger partial charge < -0.3 is 4.57 Å². The molecule has 0 N–H and O–H groups in total. The van der Waals surface area contributed by atoms with Crippen molar-refractivity contribution in [3.05, 3.63) is 120 Å². The van der Waals surface area contributed by atoms with Crippen LogP contribution in [0.3, 0.4) is 0 Å². The van der Waals surface area contributed by atoms with E-state index < -0.39 is 0 Å². The normalized spacial score (nSPS) is 10.9. The molecule has 0 spiro atoms. The van der Waals surface area contributed by atoms with E-state index in [0.29, 0.717) is 0 Å². The summed E-state index contributed by atoms with van der Waals surface area (Å²) in [4.78, 5) is 4.63. The van der Waals surface area contributed by atoms with Gasteiger partial charge in [0.25, 0.3) is 0 Å². The second-order valence-corrected chi connectivity index (χ2v) is 6.68. The van der Waals surface area contributed by atoms with Crippen LogP contribution in [0.4, 0.5) is 0 Å². The highest BCUT2D eigenvalue weighted by Crippen LogP contribution is 2.23. The Bertz CT molecular complexity index is 910. The predicted molar refractivity (Wildman–Crippen MR) is 112 cm³/mol. The minimum Gasteiger partial charge on any atom is -0.343 e. The zero-order chi connectivity index (χ0) is 18.3. The first kappa shape index (κ1) is 17.4. The van der Waals surface area contributed by atoms with Crippen molar-refractivity contribution in [3.63, 3.8) is 0 Å². The van der Waals surface area contributed by atoms with E-state index in [2.05, 4.69) is 114 Å². The Labute approximate surface area is 161 Å². The van der Waals surface area contributed by atoms with Gasteiger partial charge in [-0.3, -0.25) is 4.98 Å². The number of benzene rings is 3. The summed E-state index contributed by atoms with van der Waals surface area (Å²) in [6, 6.07) is 31.9. The van der Waals surface area contributed by atoms with Gasteiger partial charge in [-0.25, -0.2) is 0 Å². The third kappa shape index (κ3) is 4.37.